The Balaban J connectivity index is 0.00000156. The van der Waals surface area contributed by atoms with Crippen molar-refractivity contribution in [1.82, 2.24) is 9.80 Å². The molecule has 1 amide bonds. The first-order chi connectivity index (χ1) is 11.2. The largest absolute Gasteiger partial charge is 0.379 e. The van der Waals surface area contributed by atoms with Crippen molar-refractivity contribution in [2.24, 2.45) is 11.7 Å². The van der Waals surface area contributed by atoms with Crippen LogP contribution in [0.15, 0.2) is 24.3 Å². The number of morpholine rings is 1. The number of hydrogen-bond acceptors (Lipinski definition) is 4. The van der Waals surface area contributed by atoms with Gasteiger partial charge in [-0.1, -0.05) is 12.1 Å². The highest BCUT2D eigenvalue weighted by molar-refractivity contribution is 5.85. The number of carbonyl (C=O) groups is 1. The van der Waals surface area contributed by atoms with Crippen LogP contribution in [0, 0.1) is 11.7 Å². The van der Waals surface area contributed by atoms with Crippen molar-refractivity contribution in [3.63, 3.8) is 0 Å². The van der Waals surface area contributed by atoms with Crippen LogP contribution in [0.5, 0.6) is 0 Å². The monoisotopic (exact) mass is 393 g/mol. The smallest absolute Gasteiger partial charge is 0.244 e. The predicted octanol–water partition coefficient (Wildman–Crippen LogP) is 1.85. The second-order valence-electron chi connectivity index (χ2n) is 6.28. The predicted molar refractivity (Wildman–Crippen MR) is 99.8 cm³/mol. The normalized spacial score (nSPS) is 22.0. The second-order valence-corrected chi connectivity index (χ2v) is 6.28. The SMILES string of the molecule is Cl.Cl.NCC1CCN(C(=O)C(c2cccc(F)c2)N2CCOCC2)C1. The van der Waals surface area contributed by atoms with Crippen molar-refractivity contribution < 1.29 is 13.9 Å². The Hall–Kier alpha value is -0.920. The molecule has 0 spiro atoms. The second kappa shape index (κ2) is 10.3. The summed E-state index contributed by atoms with van der Waals surface area (Å²) in [5.74, 6) is 0.111. The van der Waals surface area contributed by atoms with Crippen molar-refractivity contribution in [1.29, 1.82) is 0 Å². The average Bonchev–Trinajstić information content (AvgIpc) is 3.05. The zero-order chi connectivity index (χ0) is 16.2. The number of benzene rings is 1. The highest BCUT2D eigenvalue weighted by Crippen LogP contribution is 2.27. The molecule has 2 fully saturated rings. The van der Waals surface area contributed by atoms with Crippen molar-refractivity contribution in [2.45, 2.75) is 12.5 Å². The van der Waals surface area contributed by atoms with Gasteiger partial charge in [0.25, 0.3) is 0 Å². The molecule has 2 N–H and O–H groups in total. The quantitative estimate of drug-likeness (QED) is 0.847. The van der Waals surface area contributed by atoms with Gasteiger partial charge in [-0.15, -0.1) is 24.8 Å². The van der Waals surface area contributed by atoms with Crippen LogP contribution in [-0.4, -0.2) is 61.6 Å². The van der Waals surface area contributed by atoms with Crippen LogP contribution in [0.2, 0.25) is 0 Å². The molecule has 0 aromatic heterocycles. The Bertz CT molecular complexity index is 558. The lowest BCUT2D eigenvalue weighted by molar-refractivity contribution is -0.138. The molecule has 25 heavy (non-hydrogen) atoms. The summed E-state index contributed by atoms with van der Waals surface area (Å²) in [6, 6.07) is 5.93. The van der Waals surface area contributed by atoms with Gasteiger partial charge in [0.2, 0.25) is 5.91 Å². The van der Waals surface area contributed by atoms with E-state index in [0.717, 1.165) is 13.0 Å². The molecule has 1 aromatic carbocycles. The van der Waals surface area contributed by atoms with Gasteiger partial charge < -0.3 is 15.4 Å². The van der Waals surface area contributed by atoms with E-state index < -0.39 is 6.04 Å². The van der Waals surface area contributed by atoms with Crippen molar-refractivity contribution >= 4 is 30.7 Å². The van der Waals surface area contributed by atoms with Crippen LogP contribution < -0.4 is 5.73 Å². The van der Waals surface area contributed by atoms with Gasteiger partial charge in [-0.3, -0.25) is 9.69 Å². The van der Waals surface area contributed by atoms with E-state index in [4.69, 9.17) is 10.5 Å². The fraction of sp³-hybridized carbons (Fsp3) is 0.588. The van der Waals surface area contributed by atoms with E-state index in [1.165, 1.54) is 12.1 Å². The van der Waals surface area contributed by atoms with E-state index in [1.54, 1.807) is 6.07 Å². The van der Waals surface area contributed by atoms with Gasteiger partial charge in [-0.05, 0) is 36.6 Å². The molecule has 1 aromatic rings. The molecule has 2 atom stereocenters. The first kappa shape index (κ1) is 22.1. The first-order valence-corrected chi connectivity index (χ1v) is 8.25. The lowest BCUT2D eigenvalue weighted by Crippen LogP contribution is -2.46. The molecule has 0 aliphatic carbocycles. The number of halogens is 3. The van der Waals surface area contributed by atoms with Crippen LogP contribution in [0.3, 0.4) is 0 Å². The van der Waals surface area contributed by atoms with E-state index in [1.807, 2.05) is 11.0 Å². The number of amides is 1. The minimum Gasteiger partial charge on any atom is -0.379 e. The molecule has 8 heteroatoms. The molecule has 0 radical (unpaired) electrons. The number of carbonyl (C=O) groups excluding carboxylic acids is 1. The summed E-state index contributed by atoms with van der Waals surface area (Å²) >= 11 is 0. The molecule has 3 rings (SSSR count). The van der Waals surface area contributed by atoms with Crippen LogP contribution in [0.4, 0.5) is 4.39 Å². The summed E-state index contributed by atoms with van der Waals surface area (Å²) in [4.78, 5) is 17.1. The maximum Gasteiger partial charge on any atom is 0.244 e. The number of hydrogen-bond donors (Lipinski definition) is 1. The Labute approximate surface area is 160 Å². The molecule has 5 nitrogen and oxygen atoms in total. The van der Waals surface area contributed by atoms with Crippen molar-refractivity contribution in [3.8, 4) is 0 Å². The third kappa shape index (κ3) is 5.28. The summed E-state index contributed by atoms with van der Waals surface area (Å²) in [6.45, 7) is 4.60. The molecule has 2 saturated heterocycles. The third-order valence-corrected chi connectivity index (χ3v) is 4.74. The van der Waals surface area contributed by atoms with Gasteiger partial charge in [-0.25, -0.2) is 4.39 Å². The Morgan fingerprint density at radius 1 is 1.28 bits per heavy atom. The molecule has 2 aliphatic rings. The lowest BCUT2D eigenvalue weighted by atomic mass is 10.0. The van der Waals surface area contributed by atoms with Crippen LogP contribution in [-0.2, 0) is 9.53 Å². The van der Waals surface area contributed by atoms with Gasteiger partial charge in [0, 0.05) is 26.2 Å². The Morgan fingerprint density at radius 2 is 2.00 bits per heavy atom. The van der Waals surface area contributed by atoms with Gasteiger partial charge >= 0.3 is 0 Å². The van der Waals surface area contributed by atoms with E-state index in [-0.39, 0.29) is 36.5 Å². The lowest BCUT2D eigenvalue weighted by Gasteiger charge is -2.36. The average molecular weight is 394 g/mol. The minimum absolute atomic E-state index is 0. The standard InChI is InChI=1S/C17H24FN3O2.2ClH/c18-15-3-1-2-14(10-15)16(20-6-8-23-9-7-20)17(22)21-5-4-13(11-19)12-21;;/h1-3,10,13,16H,4-9,11-12,19H2;2*1H. The van der Waals surface area contributed by atoms with Crippen molar-refractivity contribution in [2.75, 3.05) is 45.9 Å². The van der Waals surface area contributed by atoms with E-state index >= 15 is 0 Å². The van der Waals surface area contributed by atoms with E-state index in [0.29, 0.717) is 50.9 Å². The molecule has 0 saturated carbocycles. The number of nitrogens with zero attached hydrogens (tertiary/aromatic N) is 2. The molecular weight excluding hydrogens is 368 g/mol. The summed E-state index contributed by atoms with van der Waals surface area (Å²) in [6.07, 6.45) is 0.946. The maximum absolute atomic E-state index is 13.7. The van der Waals surface area contributed by atoms with Gasteiger partial charge in [0.1, 0.15) is 11.9 Å². The third-order valence-electron chi connectivity index (χ3n) is 4.74. The number of rotatable bonds is 4. The molecule has 2 unspecified atom stereocenters. The number of ether oxygens (including phenoxy) is 1. The zero-order valence-corrected chi connectivity index (χ0v) is 15.7. The van der Waals surface area contributed by atoms with Gasteiger partial charge in [0.15, 0.2) is 0 Å². The fourth-order valence-corrected chi connectivity index (χ4v) is 3.42. The van der Waals surface area contributed by atoms with E-state index in [2.05, 4.69) is 4.90 Å². The molecule has 142 valence electrons. The minimum atomic E-state index is -0.439. The summed E-state index contributed by atoms with van der Waals surface area (Å²) in [5.41, 5.74) is 6.45. The maximum atomic E-state index is 13.7. The van der Waals surface area contributed by atoms with Crippen molar-refractivity contribution in [3.05, 3.63) is 35.6 Å². The highest BCUT2D eigenvalue weighted by atomic mass is 35.5. The van der Waals surface area contributed by atoms with Gasteiger partial charge in [-0.2, -0.15) is 0 Å². The number of nitrogens with two attached hydrogens (primary N) is 1. The Kier molecular flexibility index (Phi) is 9.10. The molecule has 0 bridgehead atoms. The first-order valence-electron chi connectivity index (χ1n) is 8.25. The van der Waals surface area contributed by atoms with Crippen LogP contribution in [0.25, 0.3) is 0 Å². The topological polar surface area (TPSA) is 58.8 Å². The number of likely N-dealkylation sites (tertiary alicyclic amines) is 1. The van der Waals surface area contributed by atoms with Gasteiger partial charge in [0.05, 0.1) is 13.2 Å². The fourth-order valence-electron chi connectivity index (χ4n) is 3.42. The van der Waals surface area contributed by atoms with Crippen LogP contribution >= 0.6 is 24.8 Å². The molecule has 2 heterocycles. The zero-order valence-electron chi connectivity index (χ0n) is 14.1. The highest BCUT2D eigenvalue weighted by Gasteiger charge is 2.35. The molecule has 2 aliphatic heterocycles. The van der Waals surface area contributed by atoms with Crippen LogP contribution in [0.1, 0.15) is 18.0 Å². The summed E-state index contributed by atoms with van der Waals surface area (Å²) < 4.78 is 19.1. The summed E-state index contributed by atoms with van der Waals surface area (Å²) in [5, 5.41) is 0. The molecular formula is C17H26Cl2FN3O2. The Morgan fingerprint density at radius 3 is 2.60 bits per heavy atom. The summed E-state index contributed by atoms with van der Waals surface area (Å²) in [7, 11) is 0. The van der Waals surface area contributed by atoms with E-state index in [9.17, 15) is 9.18 Å².